The molecule has 2 saturated carbocycles. The van der Waals surface area contributed by atoms with Gasteiger partial charge in [-0.2, -0.15) is 0 Å². The van der Waals surface area contributed by atoms with Crippen molar-refractivity contribution in [1.29, 1.82) is 0 Å². The van der Waals surface area contributed by atoms with Crippen molar-refractivity contribution in [1.82, 2.24) is 10.6 Å². The van der Waals surface area contributed by atoms with Gasteiger partial charge >= 0.3 is 0 Å². The Kier molecular flexibility index (Phi) is 9.42. The third-order valence-corrected chi connectivity index (χ3v) is 4.93. The van der Waals surface area contributed by atoms with Crippen molar-refractivity contribution in [2.45, 2.75) is 70.8 Å². The van der Waals surface area contributed by atoms with Crippen LogP contribution in [0.3, 0.4) is 0 Å². The van der Waals surface area contributed by atoms with Crippen LogP contribution in [0.25, 0.3) is 0 Å². The van der Waals surface area contributed by atoms with Gasteiger partial charge in [-0.15, -0.1) is 0 Å². The SMILES string of the molecule is C1CC1.O=CNCCC1CCCCC1.Oc1ccc2c(c1)CNCC2. The van der Waals surface area contributed by atoms with E-state index in [4.69, 9.17) is 5.11 Å². The largest absolute Gasteiger partial charge is 0.508 e. The molecule has 3 aliphatic rings. The van der Waals surface area contributed by atoms with Crippen molar-refractivity contribution >= 4 is 6.41 Å². The van der Waals surface area contributed by atoms with Crippen LogP contribution >= 0.6 is 0 Å². The van der Waals surface area contributed by atoms with E-state index in [2.05, 4.69) is 10.6 Å². The number of fused-ring (bicyclic) bond motifs is 1. The molecule has 0 saturated heterocycles. The molecule has 0 radical (unpaired) electrons. The highest BCUT2D eigenvalue weighted by Gasteiger charge is 2.12. The lowest BCUT2D eigenvalue weighted by atomic mass is 9.87. The van der Waals surface area contributed by atoms with Crippen LogP contribution in [-0.2, 0) is 17.8 Å². The average Bonchev–Trinajstić information content (AvgIpc) is 3.53. The predicted molar refractivity (Wildman–Crippen MR) is 103 cm³/mol. The topological polar surface area (TPSA) is 61.4 Å². The van der Waals surface area contributed by atoms with Gasteiger partial charge in [0.2, 0.25) is 6.41 Å². The van der Waals surface area contributed by atoms with Gasteiger partial charge < -0.3 is 15.7 Å². The van der Waals surface area contributed by atoms with Crippen LogP contribution in [0, 0.1) is 5.92 Å². The second-order valence-electron chi connectivity index (χ2n) is 7.31. The van der Waals surface area contributed by atoms with E-state index in [1.807, 2.05) is 12.1 Å². The lowest BCUT2D eigenvalue weighted by Crippen LogP contribution is -2.23. The van der Waals surface area contributed by atoms with Gasteiger partial charge in [-0.3, -0.25) is 4.79 Å². The minimum absolute atomic E-state index is 0.368. The molecule has 1 aromatic carbocycles. The quantitative estimate of drug-likeness (QED) is 0.572. The zero-order valence-electron chi connectivity index (χ0n) is 15.4. The maximum absolute atomic E-state index is 9.94. The Balaban J connectivity index is 0.000000154. The smallest absolute Gasteiger partial charge is 0.207 e. The molecule has 25 heavy (non-hydrogen) atoms. The van der Waals surface area contributed by atoms with Gasteiger partial charge in [0.15, 0.2) is 0 Å². The molecule has 2 aliphatic carbocycles. The summed E-state index contributed by atoms with van der Waals surface area (Å²) in [7, 11) is 0. The maximum atomic E-state index is 9.94. The standard InChI is InChI=1S/C9H11NO.C9H17NO.C3H6/c11-9-2-1-7-3-4-10-6-8(7)5-9;11-8-10-7-6-9-4-2-1-3-5-9;1-2-3-1/h1-2,5,10-11H,3-4,6H2;8-9H,1-7H2,(H,10,11);1-3H2. The molecule has 0 unspecified atom stereocenters. The molecule has 4 nitrogen and oxygen atoms in total. The highest BCUT2D eigenvalue weighted by molar-refractivity contribution is 5.45. The number of carbonyl (C=O) groups is 1. The minimum atomic E-state index is 0.368. The average molecular weight is 347 g/mol. The van der Waals surface area contributed by atoms with Crippen LogP contribution in [0.2, 0.25) is 0 Å². The molecule has 1 aliphatic heterocycles. The first-order valence-corrected chi connectivity index (χ1v) is 9.98. The molecule has 3 N–H and O–H groups in total. The van der Waals surface area contributed by atoms with Gasteiger partial charge in [-0.05, 0) is 48.6 Å². The fourth-order valence-electron chi connectivity index (χ4n) is 3.29. The Morgan fingerprint density at radius 3 is 2.48 bits per heavy atom. The predicted octanol–water partition coefficient (Wildman–Crippen LogP) is 3.91. The first kappa shape index (κ1) is 19.8. The van der Waals surface area contributed by atoms with E-state index >= 15 is 0 Å². The van der Waals surface area contributed by atoms with E-state index in [0.717, 1.165) is 38.4 Å². The number of nitrogens with one attached hydrogen (secondary N) is 2. The Morgan fingerprint density at radius 1 is 1.08 bits per heavy atom. The summed E-state index contributed by atoms with van der Waals surface area (Å²) in [6.45, 7) is 2.82. The number of hydrogen-bond acceptors (Lipinski definition) is 3. The first-order valence-electron chi connectivity index (χ1n) is 9.98. The van der Waals surface area contributed by atoms with Crippen molar-refractivity contribution in [3.8, 4) is 5.75 Å². The zero-order chi connectivity index (χ0) is 17.7. The Bertz CT molecular complexity index is 494. The summed E-state index contributed by atoms with van der Waals surface area (Å²) in [6.07, 6.45) is 14.5. The van der Waals surface area contributed by atoms with Gasteiger partial charge in [0.1, 0.15) is 5.75 Å². The molecule has 1 amide bonds. The van der Waals surface area contributed by atoms with E-state index < -0.39 is 0 Å². The fraction of sp³-hybridized carbons (Fsp3) is 0.667. The Labute approximate surface area is 152 Å². The number of carbonyl (C=O) groups excluding carboxylic acids is 1. The summed E-state index contributed by atoms with van der Waals surface area (Å²) < 4.78 is 0. The van der Waals surface area contributed by atoms with Gasteiger partial charge in [0.05, 0.1) is 0 Å². The first-order chi connectivity index (χ1) is 12.3. The summed E-state index contributed by atoms with van der Waals surface area (Å²) >= 11 is 0. The third-order valence-electron chi connectivity index (χ3n) is 4.93. The third kappa shape index (κ3) is 8.92. The molecule has 0 atom stereocenters. The Hall–Kier alpha value is -1.55. The van der Waals surface area contributed by atoms with Crippen LogP contribution in [0.1, 0.15) is 68.9 Å². The second kappa shape index (κ2) is 11.9. The molecule has 4 heteroatoms. The summed E-state index contributed by atoms with van der Waals surface area (Å²) in [5.41, 5.74) is 2.60. The molecular weight excluding hydrogens is 312 g/mol. The number of aromatic hydroxyl groups is 1. The van der Waals surface area contributed by atoms with Gasteiger partial charge in [0.25, 0.3) is 0 Å². The van der Waals surface area contributed by atoms with Crippen molar-refractivity contribution < 1.29 is 9.90 Å². The molecular formula is C21H34N2O2. The molecule has 0 spiro atoms. The van der Waals surface area contributed by atoms with E-state index in [-0.39, 0.29) is 0 Å². The lowest BCUT2D eigenvalue weighted by molar-refractivity contribution is -0.109. The van der Waals surface area contributed by atoms with Crippen LogP contribution in [0.5, 0.6) is 5.75 Å². The highest BCUT2D eigenvalue weighted by Crippen LogP contribution is 2.25. The van der Waals surface area contributed by atoms with Crippen molar-refractivity contribution in [3.63, 3.8) is 0 Å². The molecule has 2 fully saturated rings. The number of benzene rings is 1. The van der Waals surface area contributed by atoms with Gasteiger partial charge in [-0.1, -0.05) is 57.4 Å². The second-order valence-corrected chi connectivity index (χ2v) is 7.31. The number of phenolic OH excluding ortho intramolecular Hbond substituents is 1. The zero-order valence-corrected chi connectivity index (χ0v) is 15.4. The molecule has 0 bridgehead atoms. The number of hydrogen-bond donors (Lipinski definition) is 3. The van der Waals surface area contributed by atoms with Crippen molar-refractivity contribution in [3.05, 3.63) is 29.3 Å². The number of rotatable bonds is 4. The monoisotopic (exact) mass is 346 g/mol. The minimum Gasteiger partial charge on any atom is -0.508 e. The fourth-order valence-corrected chi connectivity index (χ4v) is 3.29. The van der Waals surface area contributed by atoms with Crippen LogP contribution < -0.4 is 10.6 Å². The van der Waals surface area contributed by atoms with Gasteiger partial charge in [-0.25, -0.2) is 0 Å². The summed E-state index contributed by atoms with van der Waals surface area (Å²) in [6, 6.07) is 5.59. The van der Waals surface area contributed by atoms with E-state index in [1.165, 1.54) is 68.9 Å². The molecule has 140 valence electrons. The van der Waals surface area contributed by atoms with Crippen LogP contribution in [0.4, 0.5) is 0 Å². The van der Waals surface area contributed by atoms with E-state index in [1.54, 1.807) is 6.07 Å². The molecule has 4 rings (SSSR count). The molecule has 1 heterocycles. The van der Waals surface area contributed by atoms with E-state index in [9.17, 15) is 4.79 Å². The summed E-state index contributed by atoms with van der Waals surface area (Å²) in [4.78, 5) is 9.94. The lowest BCUT2D eigenvalue weighted by Gasteiger charge is -2.20. The van der Waals surface area contributed by atoms with Gasteiger partial charge in [0, 0.05) is 13.1 Å². The van der Waals surface area contributed by atoms with E-state index in [0.29, 0.717) is 5.75 Å². The van der Waals surface area contributed by atoms with Crippen LogP contribution in [-0.4, -0.2) is 24.6 Å². The summed E-state index contributed by atoms with van der Waals surface area (Å²) in [5, 5.41) is 15.1. The molecule has 1 aromatic rings. The Morgan fingerprint density at radius 2 is 1.80 bits per heavy atom. The maximum Gasteiger partial charge on any atom is 0.207 e. The highest BCUT2D eigenvalue weighted by atomic mass is 16.3. The normalized spacial score (nSPS) is 18.6. The number of amides is 1. The number of phenols is 1. The van der Waals surface area contributed by atoms with Crippen molar-refractivity contribution in [2.24, 2.45) is 5.92 Å². The van der Waals surface area contributed by atoms with Crippen molar-refractivity contribution in [2.75, 3.05) is 13.1 Å². The molecule has 0 aromatic heterocycles. The van der Waals surface area contributed by atoms with Crippen LogP contribution in [0.15, 0.2) is 18.2 Å². The summed E-state index contributed by atoms with van der Waals surface area (Å²) in [5.74, 6) is 1.25.